The largest absolute Gasteiger partial charge is 0.350 e. The van der Waals surface area contributed by atoms with E-state index in [4.69, 9.17) is 28.4 Å². The topological polar surface area (TPSA) is 55.4 Å². The van der Waals surface area contributed by atoms with Gasteiger partial charge in [0.25, 0.3) is 0 Å². The van der Waals surface area contributed by atoms with E-state index in [1.807, 2.05) is 0 Å². The maximum atomic E-state index is 6.96. The van der Waals surface area contributed by atoms with Gasteiger partial charge in [-0.1, -0.05) is 108 Å². The van der Waals surface area contributed by atoms with Gasteiger partial charge >= 0.3 is 0 Å². The molecule has 42 heavy (non-hydrogen) atoms. The smallest absolute Gasteiger partial charge is 0.184 e. The molecule has 0 aliphatic carbocycles. The monoisotopic (exact) mass is 597 g/mol. The van der Waals surface area contributed by atoms with Crippen molar-refractivity contribution in [2.75, 3.05) is 6.61 Å². The zero-order valence-electron chi connectivity index (χ0n) is 29.2. The van der Waals surface area contributed by atoms with E-state index in [-0.39, 0.29) is 61.2 Å². The minimum absolute atomic E-state index is 0.0117. The lowest BCUT2D eigenvalue weighted by molar-refractivity contribution is -0.356. The van der Waals surface area contributed by atoms with E-state index in [2.05, 4.69) is 76.2 Å². The fourth-order valence-electron chi connectivity index (χ4n) is 7.69. The second-order valence-electron chi connectivity index (χ2n) is 14.2. The second kappa shape index (κ2) is 17.5. The van der Waals surface area contributed by atoms with Crippen LogP contribution < -0.4 is 0 Å². The molecule has 3 rings (SSSR count). The molecule has 0 aromatic rings. The highest BCUT2D eigenvalue weighted by molar-refractivity contribution is 4.91. The molecule has 6 unspecified atom stereocenters. The molecule has 248 valence electrons. The van der Waals surface area contributed by atoms with Gasteiger partial charge in [0.1, 0.15) is 6.10 Å². The maximum Gasteiger partial charge on any atom is 0.184 e. The Labute approximate surface area is 259 Å². The maximum absolute atomic E-state index is 6.96. The predicted octanol–water partition coefficient (Wildman–Crippen LogP) is 8.99. The van der Waals surface area contributed by atoms with Gasteiger partial charge in [-0.15, -0.1) is 0 Å². The summed E-state index contributed by atoms with van der Waals surface area (Å²) < 4.78 is 40.3. The molecule has 6 heteroatoms. The Balaban J connectivity index is 1.72. The summed E-state index contributed by atoms with van der Waals surface area (Å²) in [6.07, 6.45) is 9.69. The van der Waals surface area contributed by atoms with E-state index in [1.54, 1.807) is 0 Å². The minimum atomic E-state index is -0.380. The molecule has 0 aromatic carbocycles. The fourth-order valence-corrected chi connectivity index (χ4v) is 7.69. The Morgan fingerprint density at radius 2 is 0.905 bits per heavy atom. The van der Waals surface area contributed by atoms with E-state index >= 15 is 0 Å². The van der Waals surface area contributed by atoms with Gasteiger partial charge in [-0.2, -0.15) is 0 Å². The summed E-state index contributed by atoms with van der Waals surface area (Å²) in [5, 5.41) is 0. The molecule has 0 amide bonds. The first-order valence-corrected chi connectivity index (χ1v) is 18.0. The fraction of sp³-hybridized carbons (Fsp3) is 1.00. The molecule has 3 saturated heterocycles. The van der Waals surface area contributed by atoms with Gasteiger partial charge < -0.3 is 28.4 Å². The molecule has 0 spiro atoms. The van der Waals surface area contributed by atoms with Crippen LogP contribution in [0.4, 0.5) is 0 Å². The minimum Gasteiger partial charge on any atom is -0.350 e. The van der Waals surface area contributed by atoms with E-state index in [0.717, 1.165) is 25.7 Å². The highest BCUT2D eigenvalue weighted by Crippen LogP contribution is 2.43. The van der Waals surface area contributed by atoms with Crippen molar-refractivity contribution in [3.8, 4) is 0 Å². The summed E-state index contributed by atoms with van der Waals surface area (Å²) in [5.74, 6) is 2.39. The van der Waals surface area contributed by atoms with Crippen molar-refractivity contribution < 1.29 is 28.4 Å². The van der Waals surface area contributed by atoms with E-state index < -0.39 is 0 Å². The third-order valence-corrected chi connectivity index (χ3v) is 11.4. The van der Waals surface area contributed by atoms with Gasteiger partial charge in [0.15, 0.2) is 18.9 Å². The first-order chi connectivity index (χ1) is 20.1. The summed E-state index contributed by atoms with van der Waals surface area (Å²) in [6.45, 7) is 25.7. The van der Waals surface area contributed by atoms with Crippen LogP contribution in [0.5, 0.6) is 0 Å². The van der Waals surface area contributed by atoms with Crippen LogP contribution in [0, 0.1) is 41.4 Å². The lowest BCUT2D eigenvalue weighted by atomic mass is 9.78. The Morgan fingerprint density at radius 1 is 0.429 bits per heavy atom. The summed E-state index contributed by atoms with van der Waals surface area (Å²) in [7, 11) is 0. The van der Waals surface area contributed by atoms with Crippen molar-refractivity contribution in [3.63, 3.8) is 0 Å². The van der Waals surface area contributed by atoms with Crippen molar-refractivity contribution in [1.29, 1.82) is 0 Å². The molecule has 3 aliphatic rings. The normalized spacial score (nSPS) is 44.8. The van der Waals surface area contributed by atoms with Gasteiger partial charge in [0.05, 0.1) is 24.4 Å². The van der Waals surface area contributed by atoms with Crippen molar-refractivity contribution in [2.45, 2.75) is 183 Å². The second-order valence-corrected chi connectivity index (χ2v) is 14.2. The molecular weight excluding hydrogens is 528 g/mol. The van der Waals surface area contributed by atoms with E-state index in [0.29, 0.717) is 36.2 Å². The average Bonchev–Trinajstić information content (AvgIpc) is 2.98. The first kappa shape index (κ1) is 36.2. The Kier molecular flexibility index (Phi) is 15.1. The molecule has 15 atom stereocenters. The molecule has 3 heterocycles. The van der Waals surface area contributed by atoms with Gasteiger partial charge in [-0.3, -0.25) is 0 Å². The number of ether oxygens (including phenoxy) is 6. The van der Waals surface area contributed by atoms with Crippen LogP contribution in [0.25, 0.3) is 0 Å². The van der Waals surface area contributed by atoms with Crippen LogP contribution in [-0.4, -0.2) is 56.0 Å². The van der Waals surface area contributed by atoms with E-state index in [9.17, 15) is 0 Å². The first-order valence-electron chi connectivity index (χ1n) is 18.0. The predicted molar refractivity (Wildman–Crippen MR) is 170 cm³/mol. The molecule has 0 radical (unpaired) electrons. The van der Waals surface area contributed by atoms with Crippen molar-refractivity contribution in [3.05, 3.63) is 0 Å². The van der Waals surface area contributed by atoms with Crippen molar-refractivity contribution >= 4 is 0 Å². The molecule has 0 aromatic heterocycles. The summed E-state index contributed by atoms with van der Waals surface area (Å²) in [5.41, 5.74) is 0. The molecular formula is C36H68O6. The van der Waals surface area contributed by atoms with Crippen LogP contribution >= 0.6 is 0 Å². The Morgan fingerprint density at radius 3 is 1.50 bits per heavy atom. The number of rotatable bonds is 15. The molecule has 0 N–H and O–H groups in total. The lowest BCUT2D eigenvalue weighted by Gasteiger charge is -2.51. The number of unbranched alkanes of at least 4 members (excludes halogenated alkanes) is 5. The van der Waals surface area contributed by atoms with Crippen molar-refractivity contribution in [2.24, 2.45) is 41.4 Å². The van der Waals surface area contributed by atoms with Crippen LogP contribution in [0.2, 0.25) is 0 Å². The van der Waals surface area contributed by atoms with E-state index in [1.165, 1.54) is 32.1 Å². The quantitative estimate of drug-likeness (QED) is 0.176. The molecule has 3 aliphatic heterocycles. The third kappa shape index (κ3) is 8.72. The van der Waals surface area contributed by atoms with Gasteiger partial charge in [0.2, 0.25) is 0 Å². The number of hydrogen-bond acceptors (Lipinski definition) is 6. The van der Waals surface area contributed by atoms with Crippen LogP contribution in [0.3, 0.4) is 0 Å². The molecule has 0 bridgehead atoms. The summed E-state index contributed by atoms with van der Waals surface area (Å²) >= 11 is 0. The van der Waals surface area contributed by atoms with Gasteiger partial charge in [-0.05, 0) is 49.4 Å². The SMILES string of the molecule is CCCCCCCCO[C@H]1OC(CC)[C@@H](C)[C@H](C)C1O[C@H]1OC(CC)[C@@H](C)[C@H](O[C@H]2OC(CC)[C@@H](C)[C@H](C)C2C)C1C. The van der Waals surface area contributed by atoms with Crippen LogP contribution in [-0.2, 0) is 28.4 Å². The number of hydrogen-bond donors (Lipinski definition) is 0. The van der Waals surface area contributed by atoms with Crippen LogP contribution in [0.15, 0.2) is 0 Å². The third-order valence-electron chi connectivity index (χ3n) is 11.4. The zero-order valence-corrected chi connectivity index (χ0v) is 29.2. The standard InChI is InChI=1S/C36H68O6/c1-12-16-17-18-19-20-21-37-36-33(25(8)24(7)30(14-3)40-36)42-35-28(11)32(27(10)31(15-4)39-35)41-34-26(9)22(5)23(6)29(13-2)38-34/h22-36H,12-21H2,1-11H3/t22-,23-,24-,25-,26?,27+,28?,29?,30?,31?,32-,33?,34+,35+,36-/m0/s1. The van der Waals surface area contributed by atoms with Gasteiger partial charge in [-0.25, -0.2) is 0 Å². The van der Waals surface area contributed by atoms with Crippen LogP contribution in [0.1, 0.15) is 134 Å². The Bertz CT molecular complexity index is 746. The summed E-state index contributed by atoms with van der Waals surface area (Å²) in [4.78, 5) is 0. The zero-order chi connectivity index (χ0) is 31.0. The Hall–Kier alpha value is -0.240. The average molecular weight is 597 g/mol. The molecule has 6 nitrogen and oxygen atoms in total. The lowest BCUT2D eigenvalue weighted by Crippen LogP contribution is -2.58. The van der Waals surface area contributed by atoms with Gasteiger partial charge in [0, 0.05) is 24.4 Å². The molecule has 3 fully saturated rings. The summed E-state index contributed by atoms with van der Waals surface area (Å²) in [6, 6.07) is 0. The van der Waals surface area contributed by atoms with Crippen molar-refractivity contribution in [1.82, 2.24) is 0 Å². The molecule has 0 saturated carbocycles. The highest BCUT2D eigenvalue weighted by Gasteiger charge is 2.50. The highest BCUT2D eigenvalue weighted by atomic mass is 16.7.